The Balaban J connectivity index is 1.78. The molecule has 2 aromatic rings. The summed E-state index contributed by atoms with van der Waals surface area (Å²) in [7, 11) is 0. The minimum absolute atomic E-state index is 0.157. The lowest BCUT2D eigenvalue weighted by molar-refractivity contribution is 0.244. The monoisotopic (exact) mass is 313 g/mol. The van der Waals surface area contributed by atoms with Crippen molar-refractivity contribution in [3.8, 4) is 5.88 Å². The Morgan fingerprint density at radius 2 is 2.04 bits per heavy atom. The predicted octanol–water partition coefficient (Wildman–Crippen LogP) is 4.09. The number of anilines is 1. The van der Waals surface area contributed by atoms with Crippen molar-refractivity contribution in [3.63, 3.8) is 0 Å². The van der Waals surface area contributed by atoms with Crippen LogP contribution in [0.5, 0.6) is 5.88 Å². The minimum Gasteiger partial charge on any atom is -0.478 e. The van der Waals surface area contributed by atoms with Crippen LogP contribution in [0.1, 0.15) is 39.0 Å². The Bertz CT molecular complexity index is 681. The molecule has 1 heterocycles. The molecule has 122 valence electrons. The van der Waals surface area contributed by atoms with E-state index in [1.165, 1.54) is 19.3 Å². The van der Waals surface area contributed by atoms with Crippen molar-refractivity contribution in [2.75, 3.05) is 11.9 Å². The number of fused-ring (bicyclic) bond motifs is 1. The molecule has 3 rings (SSSR count). The average molecular weight is 313 g/mol. The third kappa shape index (κ3) is 3.92. The molecule has 0 atom stereocenters. The molecule has 1 fully saturated rings. The summed E-state index contributed by atoms with van der Waals surface area (Å²) in [5, 5.41) is 6.95. The number of aromatic nitrogens is 1. The zero-order chi connectivity index (χ0) is 16.1. The van der Waals surface area contributed by atoms with Crippen molar-refractivity contribution in [2.45, 2.75) is 45.1 Å². The van der Waals surface area contributed by atoms with Gasteiger partial charge in [0.2, 0.25) is 5.88 Å². The van der Waals surface area contributed by atoms with E-state index in [9.17, 15) is 4.79 Å². The van der Waals surface area contributed by atoms with Crippen molar-refractivity contribution in [1.82, 2.24) is 10.3 Å². The largest absolute Gasteiger partial charge is 0.478 e. The molecule has 0 unspecified atom stereocenters. The van der Waals surface area contributed by atoms with E-state index in [2.05, 4.69) is 15.6 Å². The highest BCUT2D eigenvalue weighted by atomic mass is 16.5. The van der Waals surface area contributed by atoms with Gasteiger partial charge < -0.3 is 15.4 Å². The van der Waals surface area contributed by atoms with Gasteiger partial charge in [0, 0.05) is 17.5 Å². The Kier molecular flexibility index (Phi) is 4.95. The van der Waals surface area contributed by atoms with Crippen LogP contribution in [-0.2, 0) is 0 Å². The number of hydrogen-bond donors (Lipinski definition) is 2. The number of ether oxygens (including phenoxy) is 1. The summed E-state index contributed by atoms with van der Waals surface area (Å²) >= 11 is 0. The fourth-order valence-corrected chi connectivity index (χ4v) is 3.07. The molecule has 0 bridgehead atoms. The quantitative estimate of drug-likeness (QED) is 0.893. The van der Waals surface area contributed by atoms with Crippen molar-refractivity contribution < 1.29 is 9.53 Å². The molecule has 0 aliphatic heterocycles. The van der Waals surface area contributed by atoms with Crippen LogP contribution < -0.4 is 15.4 Å². The molecule has 23 heavy (non-hydrogen) atoms. The summed E-state index contributed by atoms with van der Waals surface area (Å²) in [6.07, 6.45) is 5.78. The number of nitrogens with zero attached hydrogens (tertiary/aromatic N) is 1. The molecule has 1 aliphatic rings. The SMILES string of the molecule is CCOc1cc(NC(=O)NC2CCCCC2)c2ccccc2n1. The first kappa shape index (κ1) is 15.6. The minimum atomic E-state index is -0.157. The van der Waals surface area contributed by atoms with Crippen LogP contribution in [0.4, 0.5) is 10.5 Å². The number of amides is 2. The van der Waals surface area contributed by atoms with E-state index in [-0.39, 0.29) is 12.1 Å². The lowest BCUT2D eigenvalue weighted by Gasteiger charge is -2.23. The zero-order valence-corrected chi connectivity index (χ0v) is 13.5. The van der Waals surface area contributed by atoms with Crippen LogP contribution in [0.15, 0.2) is 30.3 Å². The van der Waals surface area contributed by atoms with E-state index < -0.39 is 0 Å². The second-order valence-corrected chi connectivity index (χ2v) is 5.89. The van der Waals surface area contributed by atoms with Crippen molar-refractivity contribution in [3.05, 3.63) is 30.3 Å². The summed E-state index contributed by atoms with van der Waals surface area (Å²) in [5.41, 5.74) is 1.54. The summed E-state index contributed by atoms with van der Waals surface area (Å²) in [6, 6.07) is 9.65. The number of para-hydroxylation sites is 1. The molecule has 5 nitrogen and oxygen atoms in total. The first-order valence-corrected chi connectivity index (χ1v) is 8.36. The van der Waals surface area contributed by atoms with Crippen LogP contribution >= 0.6 is 0 Å². The van der Waals surface area contributed by atoms with Gasteiger partial charge in [0.15, 0.2) is 0 Å². The second-order valence-electron chi connectivity index (χ2n) is 5.89. The maximum absolute atomic E-state index is 12.3. The lowest BCUT2D eigenvalue weighted by Crippen LogP contribution is -2.39. The Morgan fingerprint density at radius 1 is 1.26 bits per heavy atom. The van der Waals surface area contributed by atoms with E-state index in [0.717, 1.165) is 29.4 Å². The van der Waals surface area contributed by atoms with Crippen molar-refractivity contribution in [2.24, 2.45) is 0 Å². The summed E-state index contributed by atoms with van der Waals surface area (Å²) in [5.74, 6) is 0.527. The molecular weight excluding hydrogens is 290 g/mol. The number of hydrogen-bond acceptors (Lipinski definition) is 3. The molecule has 0 radical (unpaired) electrons. The predicted molar refractivity (Wildman–Crippen MR) is 91.9 cm³/mol. The lowest BCUT2D eigenvalue weighted by atomic mass is 9.96. The Morgan fingerprint density at radius 3 is 2.83 bits per heavy atom. The van der Waals surface area contributed by atoms with E-state index in [1.807, 2.05) is 31.2 Å². The van der Waals surface area contributed by atoms with Crippen LogP contribution in [0.2, 0.25) is 0 Å². The first-order chi connectivity index (χ1) is 11.3. The summed E-state index contributed by atoms with van der Waals surface area (Å²) in [6.45, 7) is 2.46. The highest BCUT2D eigenvalue weighted by Crippen LogP contribution is 2.26. The molecule has 2 amide bonds. The fourth-order valence-electron chi connectivity index (χ4n) is 3.07. The maximum Gasteiger partial charge on any atom is 0.319 e. The fraction of sp³-hybridized carbons (Fsp3) is 0.444. The number of rotatable bonds is 4. The second kappa shape index (κ2) is 7.31. The maximum atomic E-state index is 12.3. The number of urea groups is 1. The highest BCUT2D eigenvalue weighted by Gasteiger charge is 2.16. The molecular formula is C18H23N3O2. The molecule has 1 aromatic carbocycles. The van der Waals surface area contributed by atoms with E-state index in [0.29, 0.717) is 12.5 Å². The third-order valence-corrected chi connectivity index (χ3v) is 4.17. The average Bonchev–Trinajstić information content (AvgIpc) is 2.56. The standard InChI is InChI=1S/C18H23N3O2/c1-2-23-17-12-16(14-10-6-7-11-15(14)20-17)21-18(22)19-13-8-4-3-5-9-13/h6-7,10-13H,2-5,8-9H2,1H3,(H2,19,20,21,22). The molecule has 1 saturated carbocycles. The van der Waals surface area contributed by atoms with Crippen LogP contribution in [-0.4, -0.2) is 23.7 Å². The molecule has 1 aliphatic carbocycles. The number of benzene rings is 1. The Labute approximate surface area is 136 Å². The Hall–Kier alpha value is -2.30. The van der Waals surface area contributed by atoms with E-state index in [4.69, 9.17) is 4.74 Å². The van der Waals surface area contributed by atoms with Crippen molar-refractivity contribution >= 4 is 22.6 Å². The van der Waals surface area contributed by atoms with Gasteiger partial charge in [-0.2, -0.15) is 0 Å². The van der Waals surface area contributed by atoms with E-state index in [1.54, 1.807) is 6.07 Å². The molecule has 0 saturated heterocycles. The first-order valence-electron chi connectivity index (χ1n) is 8.36. The zero-order valence-electron chi connectivity index (χ0n) is 13.5. The van der Waals surface area contributed by atoms with Gasteiger partial charge in [-0.05, 0) is 25.8 Å². The van der Waals surface area contributed by atoms with Gasteiger partial charge in [-0.1, -0.05) is 37.5 Å². The number of carbonyl (C=O) groups excluding carboxylic acids is 1. The molecule has 5 heteroatoms. The number of pyridine rings is 1. The topological polar surface area (TPSA) is 63.2 Å². The number of carbonyl (C=O) groups is 1. The van der Waals surface area contributed by atoms with Crippen molar-refractivity contribution in [1.29, 1.82) is 0 Å². The van der Waals surface area contributed by atoms with Gasteiger partial charge in [0.25, 0.3) is 0 Å². The third-order valence-electron chi connectivity index (χ3n) is 4.17. The van der Waals surface area contributed by atoms with Gasteiger partial charge in [-0.25, -0.2) is 9.78 Å². The molecule has 1 aromatic heterocycles. The molecule has 2 N–H and O–H groups in total. The van der Waals surface area contributed by atoms with E-state index >= 15 is 0 Å². The van der Waals surface area contributed by atoms with Gasteiger partial charge in [-0.15, -0.1) is 0 Å². The smallest absolute Gasteiger partial charge is 0.319 e. The van der Waals surface area contributed by atoms with Gasteiger partial charge in [0.1, 0.15) is 0 Å². The molecule has 0 spiro atoms. The summed E-state index contributed by atoms with van der Waals surface area (Å²) in [4.78, 5) is 16.8. The van der Waals surface area contributed by atoms with Crippen LogP contribution in [0.25, 0.3) is 10.9 Å². The number of nitrogens with one attached hydrogen (secondary N) is 2. The summed E-state index contributed by atoms with van der Waals surface area (Å²) < 4.78 is 5.50. The highest BCUT2D eigenvalue weighted by molar-refractivity contribution is 6.00. The normalized spacial score (nSPS) is 15.3. The van der Waals surface area contributed by atoms with Crippen LogP contribution in [0, 0.1) is 0 Å². The van der Waals surface area contributed by atoms with Gasteiger partial charge in [0.05, 0.1) is 17.8 Å². The van der Waals surface area contributed by atoms with Crippen LogP contribution in [0.3, 0.4) is 0 Å². The van der Waals surface area contributed by atoms with Gasteiger partial charge in [-0.3, -0.25) is 0 Å². The van der Waals surface area contributed by atoms with Gasteiger partial charge >= 0.3 is 6.03 Å².